The molecule has 0 spiro atoms. The van der Waals surface area contributed by atoms with E-state index in [9.17, 15) is 0 Å². The molecule has 1 atom stereocenters. The number of allylic oxidation sites excluding steroid dienone is 1. The molecule has 2 N–H and O–H groups in total. The van der Waals surface area contributed by atoms with E-state index in [1.165, 1.54) is 11.3 Å². The van der Waals surface area contributed by atoms with Crippen LogP contribution in [0.5, 0.6) is 0 Å². The maximum Gasteiger partial charge on any atom is 0.0431 e. The molecule has 12 heavy (non-hydrogen) atoms. The van der Waals surface area contributed by atoms with Crippen LogP contribution in [-0.4, -0.2) is 0 Å². The summed E-state index contributed by atoms with van der Waals surface area (Å²) in [6, 6.07) is 0. The molecule has 0 aliphatic carbocycles. The van der Waals surface area contributed by atoms with Gasteiger partial charge in [0.15, 0.2) is 0 Å². The van der Waals surface area contributed by atoms with Crippen molar-refractivity contribution in [1.82, 2.24) is 10.6 Å². The lowest BCUT2D eigenvalue weighted by Gasteiger charge is -2.17. The van der Waals surface area contributed by atoms with E-state index in [4.69, 9.17) is 0 Å². The fraction of sp³-hybridized carbons (Fsp3) is 0.400. The van der Waals surface area contributed by atoms with E-state index in [1.54, 1.807) is 0 Å². The van der Waals surface area contributed by atoms with Crippen molar-refractivity contribution in [1.29, 1.82) is 0 Å². The Hall–Kier alpha value is -1.18. The molecule has 2 nitrogen and oxygen atoms in total. The van der Waals surface area contributed by atoms with Gasteiger partial charge in [-0.1, -0.05) is 19.9 Å². The summed E-state index contributed by atoms with van der Waals surface area (Å²) < 4.78 is 0. The molecule has 1 unspecified atom stereocenters. The first-order chi connectivity index (χ1) is 5.79. The molecule has 0 aromatic heterocycles. The number of rotatable bonds is 1. The normalized spacial score (nSPS) is 25.8. The van der Waals surface area contributed by atoms with E-state index >= 15 is 0 Å². The first-order valence-electron chi connectivity index (χ1n) is 4.38. The lowest BCUT2D eigenvalue weighted by molar-refractivity contribution is 0.686. The van der Waals surface area contributed by atoms with Gasteiger partial charge in [0.2, 0.25) is 0 Å². The third kappa shape index (κ3) is 1.04. The summed E-state index contributed by atoms with van der Waals surface area (Å²) in [5, 5.41) is 6.35. The van der Waals surface area contributed by atoms with Crippen molar-refractivity contribution in [2.45, 2.75) is 13.8 Å². The zero-order valence-corrected chi connectivity index (χ0v) is 7.46. The van der Waals surface area contributed by atoms with Crippen molar-refractivity contribution in [2.24, 2.45) is 11.8 Å². The van der Waals surface area contributed by atoms with Crippen LogP contribution in [0.15, 0.2) is 35.9 Å². The van der Waals surface area contributed by atoms with Crippen molar-refractivity contribution in [3.05, 3.63) is 35.9 Å². The summed E-state index contributed by atoms with van der Waals surface area (Å²) in [5.74, 6) is 1.11. The summed E-state index contributed by atoms with van der Waals surface area (Å²) in [6.45, 7) is 4.46. The minimum Gasteiger partial charge on any atom is -0.366 e. The molecule has 0 saturated carbocycles. The van der Waals surface area contributed by atoms with Crippen molar-refractivity contribution in [3.63, 3.8) is 0 Å². The summed E-state index contributed by atoms with van der Waals surface area (Å²) in [5.41, 5.74) is 2.74. The van der Waals surface area contributed by atoms with Crippen molar-refractivity contribution >= 4 is 0 Å². The summed E-state index contributed by atoms with van der Waals surface area (Å²) in [4.78, 5) is 0. The highest BCUT2D eigenvalue weighted by Crippen LogP contribution is 2.31. The maximum atomic E-state index is 3.28. The second kappa shape index (κ2) is 2.70. The molecule has 2 heterocycles. The molecule has 2 aliphatic heterocycles. The molecular formula is C10H14N2. The molecule has 0 fully saturated rings. The number of nitrogens with one attached hydrogen (secondary N) is 2. The number of hydrogen-bond acceptors (Lipinski definition) is 2. The summed E-state index contributed by atoms with van der Waals surface area (Å²) >= 11 is 0. The van der Waals surface area contributed by atoms with Gasteiger partial charge in [-0.3, -0.25) is 0 Å². The van der Waals surface area contributed by atoms with Gasteiger partial charge in [-0.15, -0.1) is 0 Å². The van der Waals surface area contributed by atoms with Gasteiger partial charge in [-0.2, -0.15) is 0 Å². The van der Waals surface area contributed by atoms with Gasteiger partial charge >= 0.3 is 0 Å². The van der Waals surface area contributed by atoms with Gasteiger partial charge in [0, 0.05) is 24.0 Å². The topological polar surface area (TPSA) is 24.1 Å². The second-order valence-electron chi connectivity index (χ2n) is 3.55. The zero-order valence-electron chi connectivity index (χ0n) is 7.46. The van der Waals surface area contributed by atoms with E-state index < -0.39 is 0 Å². The third-order valence-electron chi connectivity index (χ3n) is 2.39. The lowest BCUT2D eigenvalue weighted by Crippen LogP contribution is -2.15. The molecular weight excluding hydrogens is 148 g/mol. The Morgan fingerprint density at radius 3 is 2.92 bits per heavy atom. The van der Waals surface area contributed by atoms with Crippen LogP contribution in [0.25, 0.3) is 0 Å². The Bertz CT molecular complexity index is 272. The van der Waals surface area contributed by atoms with Gasteiger partial charge in [-0.25, -0.2) is 0 Å². The Labute approximate surface area is 73.0 Å². The molecule has 64 valence electrons. The Kier molecular flexibility index (Phi) is 1.68. The van der Waals surface area contributed by atoms with Gasteiger partial charge < -0.3 is 10.6 Å². The summed E-state index contributed by atoms with van der Waals surface area (Å²) in [7, 11) is 0. The fourth-order valence-corrected chi connectivity index (χ4v) is 1.69. The quantitative estimate of drug-likeness (QED) is 0.613. The highest BCUT2D eigenvalue weighted by atomic mass is 15.0. The van der Waals surface area contributed by atoms with Crippen LogP contribution in [0.2, 0.25) is 0 Å². The first-order valence-corrected chi connectivity index (χ1v) is 4.38. The maximum absolute atomic E-state index is 3.28. The highest BCUT2D eigenvalue weighted by molar-refractivity contribution is 5.35. The van der Waals surface area contributed by atoms with E-state index in [0.29, 0.717) is 11.8 Å². The SMILES string of the molecule is CC(C)C1=CNC2=CNC=CC21. The van der Waals surface area contributed by atoms with Crippen LogP contribution in [0.1, 0.15) is 13.8 Å². The smallest absolute Gasteiger partial charge is 0.0431 e. The molecule has 0 bridgehead atoms. The van der Waals surface area contributed by atoms with Crippen molar-refractivity contribution in [2.75, 3.05) is 0 Å². The van der Waals surface area contributed by atoms with Gasteiger partial charge in [0.25, 0.3) is 0 Å². The zero-order chi connectivity index (χ0) is 8.55. The number of hydrogen-bond donors (Lipinski definition) is 2. The second-order valence-corrected chi connectivity index (χ2v) is 3.55. The highest BCUT2D eigenvalue weighted by Gasteiger charge is 2.24. The predicted octanol–water partition coefficient (Wildman–Crippen LogP) is 1.70. The van der Waals surface area contributed by atoms with Crippen LogP contribution in [-0.2, 0) is 0 Å². The van der Waals surface area contributed by atoms with E-state index in [1.807, 2.05) is 12.4 Å². The van der Waals surface area contributed by atoms with Gasteiger partial charge in [-0.05, 0) is 17.7 Å². The van der Waals surface area contributed by atoms with Crippen molar-refractivity contribution < 1.29 is 0 Å². The molecule has 0 radical (unpaired) electrons. The van der Waals surface area contributed by atoms with E-state index in [2.05, 4.69) is 36.8 Å². The van der Waals surface area contributed by atoms with Crippen LogP contribution in [0, 0.1) is 11.8 Å². The molecule has 0 aromatic rings. The average Bonchev–Trinajstić information content (AvgIpc) is 2.47. The van der Waals surface area contributed by atoms with E-state index in [0.717, 1.165) is 0 Å². The lowest BCUT2D eigenvalue weighted by atomic mass is 9.90. The fourth-order valence-electron chi connectivity index (χ4n) is 1.69. The molecule has 2 rings (SSSR count). The van der Waals surface area contributed by atoms with E-state index in [-0.39, 0.29) is 0 Å². The van der Waals surface area contributed by atoms with Crippen LogP contribution in [0.4, 0.5) is 0 Å². The average molecular weight is 162 g/mol. The number of fused-ring (bicyclic) bond motifs is 1. The first kappa shape index (κ1) is 7.47. The van der Waals surface area contributed by atoms with Crippen LogP contribution >= 0.6 is 0 Å². The van der Waals surface area contributed by atoms with Gasteiger partial charge in [0.1, 0.15) is 0 Å². The Balaban J connectivity index is 2.24. The summed E-state index contributed by atoms with van der Waals surface area (Å²) in [6.07, 6.45) is 8.34. The molecule has 2 aliphatic rings. The van der Waals surface area contributed by atoms with Gasteiger partial charge in [0.05, 0.1) is 0 Å². The minimum absolute atomic E-state index is 0.492. The third-order valence-corrected chi connectivity index (χ3v) is 2.39. The van der Waals surface area contributed by atoms with Crippen LogP contribution in [0.3, 0.4) is 0 Å². The van der Waals surface area contributed by atoms with Crippen LogP contribution < -0.4 is 10.6 Å². The Morgan fingerprint density at radius 1 is 1.33 bits per heavy atom. The predicted molar refractivity (Wildman–Crippen MR) is 49.9 cm³/mol. The molecule has 0 amide bonds. The standard InChI is InChI=1S/C10H14N2/c1-7(2)9-5-12-10-6-11-4-3-8(9)10/h3-8,11-12H,1-2H3. The number of dihydropyridines is 1. The molecule has 0 aromatic carbocycles. The molecule has 0 saturated heterocycles. The monoisotopic (exact) mass is 162 g/mol. The van der Waals surface area contributed by atoms with Crippen molar-refractivity contribution in [3.8, 4) is 0 Å². The Morgan fingerprint density at radius 2 is 2.17 bits per heavy atom. The minimum atomic E-state index is 0.492. The largest absolute Gasteiger partial charge is 0.366 e. The molecule has 2 heteroatoms.